The molecule has 7 nitrogen and oxygen atoms in total. The Kier molecular flexibility index (Phi) is 6.17. The number of nitrogens with one attached hydrogen (secondary N) is 2. The quantitative estimate of drug-likeness (QED) is 0.678. The molecule has 2 aromatic heterocycles. The molecule has 2 rings (SSSR count). The Bertz CT molecular complexity index is 832. The second kappa shape index (κ2) is 8.18. The van der Waals surface area contributed by atoms with Gasteiger partial charge in [-0.05, 0) is 6.07 Å². The summed E-state index contributed by atoms with van der Waals surface area (Å²) in [6, 6.07) is 2.85. The summed E-state index contributed by atoms with van der Waals surface area (Å²) in [5, 5.41) is 24.1. The van der Waals surface area contributed by atoms with Crippen molar-refractivity contribution in [3.63, 3.8) is 0 Å². The van der Waals surface area contributed by atoms with Gasteiger partial charge in [0.2, 0.25) is 5.95 Å². The van der Waals surface area contributed by atoms with Gasteiger partial charge in [-0.15, -0.1) is 0 Å². The van der Waals surface area contributed by atoms with Crippen LogP contribution in [0.15, 0.2) is 24.7 Å². The Morgan fingerprint density at radius 2 is 1.96 bits per heavy atom. The number of aromatic nitrogens is 3. The number of aliphatic hydroxyl groups is 1. The van der Waals surface area contributed by atoms with Crippen molar-refractivity contribution in [3.8, 4) is 6.07 Å². The Morgan fingerprint density at radius 1 is 1.22 bits per heavy atom. The van der Waals surface area contributed by atoms with E-state index < -0.39 is 17.2 Å². The van der Waals surface area contributed by atoms with Crippen molar-refractivity contribution in [3.05, 3.63) is 41.3 Å². The molecule has 144 valence electrons. The first-order chi connectivity index (χ1) is 12.7. The van der Waals surface area contributed by atoms with Crippen LogP contribution in [0.3, 0.4) is 0 Å². The third kappa shape index (κ3) is 5.52. The molecule has 0 radical (unpaired) electrons. The lowest BCUT2D eigenvalue weighted by Crippen LogP contribution is -2.27. The van der Waals surface area contributed by atoms with E-state index in [2.05, 4.69) is 25.6 Å². The third-order valence-corrected chi connectivity index (χ3v) is 3.72. The molecular formula is C17H19F3N6O. The zero-order chi connectivity index (χ0) is 20.1. The SMILES string of the molecule is CC(C)(CO)CNc1nc(NCc2cnccc2C(F)(F)F)ncc1C#N. The topological polar surface area (TPSA) is 107 Å². The van der Waals surface area contributed by atoms with Crippen LogP contribution in [0.4, 0.5) is 24.9 Å². The number of anilines is 2. The summed E-state index contributed by atoms with van der Waals surface area (Å²) < 4.78 is 39.1. The molecule has 0 aromatic carbocycles. The minimum absolute atomic E-state index is 0.0473. The van der Waals surface area contributed by atoms with Gasteiger partial charge in [-0.2, -0.15) is 23.4 Å². The molecule has 0 aliphatic carbocycles. The van der Waals surface area contributed by atoms with E-state index in [1.54, 1.807) is 0 Å². The zero-order valence-electron chi connectivity index (χ0n) is 14.8. The van der Waals surface area contributed by atoms with E-state index in [-0.39, 0.29) is 36.0 Å². The van der Waals surface area contributed by atoms with E-state index in [4.69, 9.17) is 5.26 Å². The van der Waals surface area contributed by atoms with Crippen molar-refractivity contribution in [2.24, 2.45) is 5.41 Å². The third-order valence-electron chi connectivity index (χ3n) is 3.72. The summed E-state index contributed by atoms with van der Waals surface area (Å²) in [7, 11) is 0. The summed E-state index contributed by atoms with van der Waals surface area (Å²) in [5.74, 6) is 0.300. The summed E-state index contributed by atoms with van der Waals surface area (Å²) in [4.78, 5) is 11.8. The number of pyridine rings is 1. The zero-order valence-corrected chi connectivity index (χ0v) is 14.8. The molecule has 2 heterocycles. The van der Waals surface area contributed by atoms with E-state index in [1.165, 1.54) is 6.20 Å². The molecule has 10 heteroatoms. The predicted octanol–water partition coefficient (Wildman–Crippen LogP) is 2.80. The highest BCUT2D eigenvalue weighted by atomic mass is 19.4. The largest absolute Gasteiger partial charge is 0.416 e. The fourth-order valence-corrected chi connectivity index (χ4v) is 2.08. The molecule has 0 spiro atoms. The van der Waals surface area contributed by atoms with Gasteiger partial charge in [0.1, 0.15) is 17.5 Å². The van der Waals surface area contributed by atoms with Crippen LogP contribution in [-0.4, -0.2) is 33.2 Å². The van der Waals surface area contributed by atoms with E-state index in [1.807, 2.05) is 19.9 Å². The molecule has 3 N–H and O–H groups in total. The maximum atomic E-state index is 13.0. The molecule has 0 saturated carbocycles. The van der Waals surface area contributed by atoms with Crippen molar-refractivity contribution in [1.82, 2.24) is 15.0 Å². The smallest absolute Gasteiger partial charge is 0.396 e. The number of nitrogens with zero attached hydrogens (tertiary/aromatic N) is 4. The number of aliphatic hydroxyl groups excluding tert-OH is 1. The van der Waals surface area contributed by atoms with Crippen LogP contribution in [-0.2, 0) is 12.7 Å². The number of nitriles is 1. The van der Waals surface area contributed by atoms with Gasteiger partial charge in [0, 0.05) is 43.1 Å². The molecule has 0 bridgehead atoms. The summed E-state index contributed by atoms with van der Waals surface area (Å²) in [6.45, 7) is 3.74. The lowest BCUT2D eigenvalue weighted by atomic mass is 9.95. The lowest BCUT2D eigenvalue weighted by molar-refractivity contribution is -0.138. The van der Waals surface area contributed by atoms with Crippen molar-refractivity contribution < 1.29 is 18.3 Å². The Hall–Kier alpha value is -2.93. The highest BCUT2D eigenvalue weighted by Crippen LogP contribution is 2.31. The van der Waals surface area contributed by atoms with E-state index in [0.29, 0.717) is 6.54 Å². The van der Waals surface area contributed by atoms with E-state index >= 15 is 0 Å². The van der Waals surface area contributed by atoms with Gasteiger partial charge in [-0.3, -0.25) is 4.98 Å². The van der Waals surface area contributed by atoms with Crippen LogP contribution in [0, 0.1) is 16.7 Å². The second-order valence-corrected chi connectivity index (χ2v) is 6.63. The Labute approximate surface area is 154 Å². The first-order valence-electron chi connectivity index (χ1n) is 8.02. The minimum Gasteiger partial charge on any atom is -0.396 e. The minimum atomic E-state index is -4.49. The molecule has 0 saturated heterocycles. The molecule has 0 unspecified atom stereocenters. The average molecular weight is 380 g/mol. The fourth-order valence-electron chi connectivity index (χ4n) is 2.08. The highest BCUT2D eigenvalue weighted by Gasteiger charge is 2.33. The van der Waals surface area contributed by atoms with Gasteiger partial charge in [-0.25, -0.2) is 4.98 Å². The van der Waals surface area contributed by atoms with Gasteiger partial charge < -0.3 is 15.7 Å². The summed E-state index contributed by atoms with van der Waals surface area (Å²) >= 11 is 0. The van der Waals surface area contributed by atoms with Gasteiger partial charge in [0.05, 0.1) is 11.8 Å². The number of alkyl halides is 3. The number of hydrogen-bond acceptors (Lipinski definition) is 7. The van der Waals surface area contributed by atoms with Gasteiger partial charge >= 0.3 is 6.18 Å². The molecule has 2 aromatic rings. The monoisotopic (exact) mass is 380 g/mol. The molecule has 0 aliphatic rings. The van der Waals surface area contributed by atoms with Crippen LogP contribution in [0.5, 0.6) is 0 Å². The van der Waals surface area contributed by atoms with Crippen molar-refractivity contribution in [1.29, 1.82) is 5.26 Å². The molecule has 27 heavy (non-hydrogen) atoms. The van der Waals surface area contributed by atoms with Gasteiger partial charge in [-0.1, -0.05) is 13.8 Å². The maximum Gasteiger partial charge on any atom is 0.416 e. The Morgan fingerprint density at radius 3 is 2.59 bits per heavy atom. The first kappa shape index (κ1) is 20.4. The average Bonchev–Trinajstić information content (AvgIpc) is 2.64. The molecule has 0 amide bonds. The van der Waals surface area contributed by atoms with Gasteiger partial charge in [0.25, 0.3) is 0 Å². The number of rotatable bonds is 7. The normalized spacial score (nSPS) is 11.7. The first-order valence-corrected chi connectivity index (χ1v) is 8.02. The van der Waals surface area contributed by atoms with Crippen LogP contribution >= 0.6 is 0 Å². The number of halogens is 3. The van der Waals surface area contributed by atoms with Crippen molar-refractivity contribution in [2.45, 2.75) is 26.6 Å². The van der Waals surface area contributed by atoms with Gasteiger partial charge in [0.15, 0.2) is 0 Å². The van der Waals surface area contributed by atoms with Crippen LogP contribution in [0.1, 0.15) is 30.5 Å². The predicted molar refractivity (Wildman–Crippen MR) is 92.7 cm³/mol. The highest BCUT2D eigenvalue weighted by molar-refractivity contribution is 5.53. The van der Waals surface area contributed by atoms with E-state index in [9.17, 15) is 18.3 Å². The molecule has 0 aliphatic heterocycles. The molecule has 0 atom stereocenters. The van der Waals surface area contributed by atoms with Crippen LogP contribution in [0.2, 0.25) is 0 Å². The molecule has 0 fully saturated rings. The number of hydrogen-bond donors (Lipinski definition) is 3. The summed E-state index contributed by atoms with van der Waals surface area (Å²) in [6.07, 6.45) is -1.01. The van der Waals surface area contributed by atoms with Crippen LogP contribution in [0.25, 0.3) is 0 Å². The maximum absolute atomic E-state index is 13.0. The second-order valence-electron chi connectivity index (χ2n) is 6.63. The van der Waals surface area contributed by atoms with Crippen molar-refractivity contribution in [2.75, 3.05) is 23.8 Å². The summed E-state index contributed by atoms with van der Waals surface area (Å²) in [5.41, 5.74) is -1.09. The van der Waals surface area contributed by atoms with E-state index in [0.717, 1.165) is 18.5 Å². The standard InChI is InChI=1S/C17H19F3N6O/c1-16(2,10-27)9-25-14-11(5-21)7-23-15(26-14)24-8-12-6-22-4-3-13(12)17(18,19)20/h3-4,6-7,27H,8-10H2,1-2H3,(H2,23,24,25,26). The molecular weight excluding hydrogens is 361 g/mol. The fraction of sp³-hybridized carbons (Fsp3) is 0.412. The Balaban J connectivity index is 2.17. The van der Waals surface area contributed by atoms with Crippen molar-refractivity contribution >= 4 is 11.8 Å². The van der Waals surface area contributed by atoms with Crippen LogP contribution < -0.4 is 10.6 Å². The lowest BCUT2D eigenvalue weighted by Gasteiger charge is -2.22.